The number of benzene rings is 2. The van der Waals surface area contributed by atoms with Crippen molar-refractivity contribution in [2.24, 2.45) is 0 Å². The molecule has 0 bridgehead atoms. The normalized spacial score (nSPS) is 12.0. The van der Waals surface area contributed by atoms with Gasteiger partial charge in [0, 0.05) is 12.2 Å². The standard InChI is InChI=1S/C15H14ClF2NO2/c16-12-7-10(5-6-13(12)17)19-8-11(20)9-21-15-4-2-1-3-14(15)18/h1-7,11,19-20H,8-9H2. The zero-order chi connectivity index (χ0) is 15.2. The molecule has 2 aromatic rings. The molecule has 0 saturated carbocycles. The number of ether oxygens (including phenoxy) is 1. The average Bonchev–Trinajstić information content (AvgIpc) is 2.47. The van der Waals surface area contributed by atoms with Crippen LogP contribution in [-0.4, -0.2) is 24.4 Å². The first-order valence-electron chi connectivity index (χ1n) is 6.30. The lowest BCUT2D eigenvalue weighted by molar-refractivity contribution is 0.115. The van der Waals surface area contributed by atoms with Crippen molar-refractivity contribution in [1.29, 1.82) is 0 Å². The Bertz CT molecular complexity index is 610. The van der Waals surface area contributed by atoms with Gasteiger partial charge in [0.15, 0.2) is 11.6 Å². The van der Waals surface area contributed by atoms with Crippen LogP contribution in [0.15, 0.2) is 42.5 Å². The Morgan fingerprint density at radius 2 is 1.90 bits per heavy atom. The van der Waals surface area contributed by atoms with Gasteiger partial charge in [0.05, 0.1) is 5.02 Å². The van der Waals surface area contributed by atoms with Crippen LogP contribution < -0.4 is 10.1 Å². The van der Waals surface area contributed by atoms with Gasteiger partial charge in [-0.05, 0) is 30.3 Å². The first-order chi connectivity index (χ1) is 10.1. The fourth-order valence-electron chi connectivity index (χ4n) is 1.65. The molecular weight excluding hydrogens is 300 g/mol. The van der Waals surface area contributed by atoms with Gasteiger partial charge in [0.25, 0.3) is 0 Å². The molecule has 0 amide bonds. The molecule has 0 aliphatic rings. The Hall–Kier alpha value is -1.85. The number of aliphatic hydroxyl groups is 1. The SMILES string of the molecule is OC(CNc1ccc(F)c(Cl)c1)COc1ccccc1F. The van der Waals surface area contributed by atoms with Crippen LogP contribution in [0.2, 0.25) is 5.02 Å². The summed E-state index contributed by atoms with van der Waals surface area (Å²) < 4.78 is 31.5. The molecule has 1 unspecified atom stereocenters. The fourth-order valence-corrected chi connectivity index (χ4v) is 1.83. The molecule has 0 aliphatic heterocycles. The molecule has 0 heterocycles. The predicted molar refractivity (Wildman–Crippen MR) is 77.8 cm³/mol. The van der Waals surface area contributed by atoms with E-state index < -0.39 is 17.7 Å². The number of halogens is 3. The summed E-state index contributed by atoms with van der Waals surface area (Å²) in [6.45, 7) is 0.0965. The van der Waals surface area contributed by atoms with Gasteiger partial charge in [-0.3, -0.25) is 0 Å². The van der Waals surface area contributed by atoms with Crippen LogP contribution in [0.1, 0.15) is 0 Å². The molecule has 0 radical (unpaired) electrons. The minimum atomic E-state index is -0.853. The molecule has 1 atom stereocenters. The zero-order valence-corrected chi connectivity index (χ0v) is 11.8. The number of aliphatic hydroxyl groups excluding tert-OH is 1. The average molecular weight is 314 g/mol. The topological polar surface area (TPSA) is 41.5 Å². The Morgan fingerprint density at radius 1 is 1.14 bits per heavy atom. The highest BCUT2D eigenvalue weighted by Gasteiger charge is 2.08. The number of hydrogen-bond acceptors (Lipinski definition) is 3. The van der Waals surface area contributed by atoms with Crippen molar-refractivity contribution >= 4 is 17.3 Å². The molecule has 3 nitrogen and oxygen atoms in total. The van der Waals surface area contributed by atoms with Gasteiger partial charge in [-0.25, -0.2) is 8.78 Å². The van der Waals surface area contributed by atoms with Crippen LogP contribution in [0.4, 0.5) is 14.5 Å². The van der Waals surface area contributed by atoms with Crippen LogP contribution in [0.3, 0.4) is 0 Å². The van der Waals surface area contributed by atoms with Crippen molar-refractivity contribution < 1.29 is 18.6 Å². The lowest BCUT2D eigenvalue weighted by Gasteiger charge is -2.14. The molecule has 0 spiro atoms. The smallest absolute Gasteiger partial charge is 0.165 e. The summed E-state index contributed by atoms with van der Waals surface area (Å²) in [5.41, 5.74) is 0.575. The van der Waals surface area contributed by atoms with Crippen LogP contribution in [0.25, 0.3) is 0 Å². The molecule has 2 rings (SSSR count). The van der Waals surface area contributed by atoms with Crippen molar-refractivity contribution in [2.75, 3.05) is 18.5 Å². The Morgan fingerprint density at radius 3 is 2.62 bits per heavy atom. The second kappa shape index (κ2) is 7.24. The van der Waals surface area contributed by atoms with E-state index in [0.717, 1.165) is 0 Å². The van der Waals surface area contributed by atoms with E-state index in [1.54, 1.807) is 12.1 Å². The zero-order valence-electron chi connectivity index (χ0n) is 11.0. The Labute approximate surface area is 126 Å². The highest BCUT2D eigenvalue weighted by molar-refractivity contribution is 6.31. The van der Waals surface area contributed by atoms with E-state index in [2.05, 4.69) is 5.32 Å². The second-order valence-electron chi connectivity index (χ2n) is 4.41. The molecular formula is C15H14ClF2NO2. The summed E-state index contributed by atoms with van der Waals surface area (Å²) in [5.74, 6) is -0.907. The molecule has 21 heavy (non-hydrogen) atoms. The minimum absolute atomic E-state index is 0.00269. The summed E-state index contributed by atoms with van der Waals surface area (Å²) in [4.78, 5) is 0. The van der Waals surface area contributed by atoms with Gasteiger partial charge < -0.3 is 15.2 Å². The number of rotatable bonds is 6. The van der Waals surface area contributed by atoms with E-state index in [0.29, 0.717) is 5.69 Å². The largest absolute Gasteiger partial charge is 0.488 e. The maximum Gasteiger partial charge on any atom is 0.165 e. The fraction of sp³-hybridized carbons (Fsp3) is 0.200. The van der Waals surface area contributed by atoms with Crippen LogP contribution in [-0.2, 0) is 0 Å². The summed E-state index contributed by atoms with van der Waals surface area (Å²) in [6.07, 6.45) is -0.853. The predicted octanol–water partition coefficient (Wildman–Crippen LogP) is 3.47. The van der Waals surface area contributed by atoms with Crippen LogP contribution in [0.5, 0.6) is 5.75 Å². The van der Waals surface area contributed by atoms with Crippen LogP contribution in [0, 0.1) is 11.6 Å². The summed E-state index contributed by atoms with van der Waals surface area (Å²) in [6, 6.07) is 10.1. The second-order valence-corrected chi connectivity index (χ2v) is 4.81. The highest BCUT2D eigenvalue weighted by Crippen LogP contribution is 2.19. The maximum atomic E-state index is 13.3. The first kappa shape index (κ1) is 15.5. The lowest BCUT2D eigenvalue weighted by Crippen LogP contribution is -2.26. The van der Waals surface area contributed by atoms with Crippen molar-refractivity contribution in [3.8, 4) is 5.75 Å². The molecule has 0 fully saturated rings. The van der Waals surface area contributed by atoms with Crippen LogP contribution >= 0.6 is 11.6 Å². The van der Waals surface area contributed by atoms with E-state index >= 15 is 0 Å². The minimum Gasteiger partial charge on any atom is -0.488 e. The van der Waals surface area contributed by atoms with Gasteiger partial charge in [-0.2, -0.15) is 0 Å². The van der Waals surface area contributed by atoms with Crippen molar-refractivity contribution in [3.63, 3.8) is 0 Å². The summed E-state index contributed by atoms with van der Waals surface area (Å²) in [5, 5.41) is 12.7. The van der Waals surface area contributed by atoms with Gasteiger partial charge in [0.1, 0.15) is 18.5 Å². The van der Waals surface area contributed by atoms with Gasteiger partial charge in [0.2, 0.25) is 0 Å². The highest BCUT2D eigenvalue weighted by atomic mass is 35.5. The molecule has 2 N–H and O–H groups in total. The molecule has 6 heteroatoms. The molecule has 112 valence electrons. The summed E-state index contributed by atoms with van der Waals surface area (Å²) >= 11 is 5.64. The van der Waals surface area contributed by atoms with Gasteiger partial charge >= 0.3 is 0 Å². The van der Waals surface area contributed by atoms with E-state index in [-0.39, 0.29) is 23.9 Å². The lowest BCUT2D eigenvalue weighted by atomic mass is 10.3. The number of para-hydroxylation sites is 1. The van der Waals surface area contributed by atoms with E-state index in [4.69, 9.17) is 16.3 Å². The van der Waals surface area contributed by atoms with Gasteiger partial charge in [-0.15, -0.1) is 0 Å². The number of nitrogens with one attached hydrogen (secondary N) is 1. The number of hydrogen-bond donors (Lipinski definition) is 2. The van der Waals surface area contributed by atoms with E-state index in [1.165, 1.54) is 30.3 Å². The van der Waals surface area contributed by atoms with Crippen molar-refractivity contribution in [2.45, 2.75) is 6.10 Å². The summed E-state index contributed by atoms with van der Waals surface area (Å²) in [7, 11) is 0. The number of anilines is 1. The van der Waals surface area contributed by atoms with E-state index in [1.807, 2.05) is 0 Å². The Balaban J connectivity index is 1.81. The van der Waals surface area contributed by atoms with E-state index in [9.17, 15) is 13.9 Å². The molecule has 0 saturated heterocycles. The van der Waals surface area contributed by atoms with Crippen molar-refractivity contribution in [3.05, 3.63) is 59.1 Å². The third kappa shape index (κ3) is 4.58. The van der Waals surface area contributed by atoms with Gasteiger partial charge in [-0.1, -0.05) is 23.7 Å². The quantitative estimate of drug-likeness (QED) is 0.858. The Kier molecular flexibility index (Phi) is 5.36. The van der Waals surface area contributed by atoms with Crippen molar-refractivity contribution in [1.82, 2.24) is 0 Å². The molecule has 0 aliphatic carbocycles. The molecule has 2 aromatic carbocycles. The monoisotopic (exact) mass is 313 g/mol. The third-order valence-electron chi connectivity index (χ3n) is 2.73. The molecule has 0 aromatic heterocycles. The third-order valence-corrected chi connectivity index (χ3v) is 3.02. The first-order valence-corrected chi connectivity index (χ1v) is 6.68. The maximum absolute atomic E-state index is 13.3.